The van der Waals surface area contributed by atoms with Gasteiger partial charge in [0.2, 0.25) is 0 Å². The molecule has 0 unspecified atom stereocenters. The van der Waals surface area contributed by atoms with Gasteiger partial charge in [-0.3, -0.25) is 0 Å². The normalized spacial score (nSPS) is 17.0. The number of aryl methyl sites for hydroxylation is 1. The number of ether oxygens (including phenoxy) is 1. The minimum atomic E-state index is 0.389. The number of unbranched alkanes of at least 4 members (excludes halogenated alkanes) is 3. The van der Waals surface area contributed by atoms with Gasteiger partial charge in [-0.05, 0) is 48.6 Å². The molecule has 1 fully saturated rings. The van der Waals surface area contributed by atoms with Crippen molar-refractivity contribution < 1.29 is 4.74 Å². The summed E-state index contributed by atoms with van der Waals surface area (Å²) in [6.45, 7) is 11.2. The van der Waals surface area contributed by atoms with E-state index in [4.69, 9.17) is 4.74 Å². The van der Waals surface area contributed by atoms with E-state index in [0.29, 0.717) is 10.8 Å². The minimum absolute atomic E-state index is 0.389. The zero-order valence-electron chi connectivity index (χ0n) is 16.9. The first-order valence-electron chi connectivity index (χ1n) is 10.3. The van der Waals surface area contributed by atoms with Crippen molar-refractivity contribution >= 4 is 6.08 Å². The summed E-state index contributed by atoms with van der Waals surface area (Å²) in [5.41, 5.74) is 3.61. The molecule has 1 heteroatoms. The van der Waals surface area contributed by atoms with Crippen LogP contribution >= 0.6 is 0 Å². The first kappa shape index (κ1) is 20.2. The van der Waals surface area contributed by atoms with Gasteiger partial charge in [-0.2, -0.15) is 0 Å². The molecule has 140 valence electrons. The summed E-state index contributed by atoms with van der Waals surface area (Å²) >= 11 is 0. The van der Waals surface area contributed by atoms with Crippen molar-refractivity contribution in [1.82, 2.24) is 0 Å². The largest absolute Gasteiger partial charge is 0.380 e. The van der Waals surface area contributed by atoms with Gasteiger partial charge in [-0.15, -0.1) is 0 Å². The maximum absolute atomic E-state index is 5.54. The lowest BCUT2D eigenvalue weighted by Gasteiger charge is -2.45. The first-order valence-corrected chi connectivity index (χ1v) is 10.3. The van der Waals surface area contributed by atoms with Crippen molar-refractivity contribution in [3.63, 3.8) is 0 Å². The quantitative estimate of drug-likeness (QED) is 0.414. The van der Waals surface area contributed by atoms with E-state index in [9.17, 15) is 0 Å². The highest BCUT2D eigenvalue weighted by molar-refractivity contribution is 5.49. The summed E-state index contributed by atoms with van der Waals surface area (Å²) in [5.74, 6) is 0. The molecule has 1 aromatic rings. The van der Waals surface area contributed by atoms with Gasteiger partial charge in [-0.25, -0.2) is 0 Å². The van der Waals surface area contributed by atoms with E-state index in [-0.39, 0.29) is 0 Å². The smallest absolute Gasteiger partial charge is 0.0545 e. The molecular weight excluding hydrogens is 304 g/mol. The van der Waals surface area contributed by atoms with Gasteiger partial charge in [0.1, 0.15) is 0 Å². The Morgan fingerprint density at radius 1 is 1.04 bits per heavy atom. The molecule has 1 heterocycles. The average Bonchev–Trinajstić information content (AvgIpc) is 2.53. The number of hydrogen-bond acceptors (Lipinski definition) is 1. The number of benzene rings is 1. The molecule has 25 heavy (non-hydrogen) atoms. The van der Waals surface area contributed by atoms with Crippen LogP contribution in [0.15, 0.2) is 30.3 Å². The zero-order chi connectivity index (χ0) is 18.2. The Labute approximate surface area is 155 Å². The molecule has 0 saturated carbocycles. The van der Waals surface area contributed by atoms with Crippen LogP contribution < -0.4 is 0 Å². The summed E-state index contributed by atoms with van der Waals surface area (Å²) in [6, 6.07) is 9.13. The summed E-state index contributed by atoms with van der Waals surface area (Å²) in [6.07, 6.45) is 14.9. The van der Waals surface area contributed by atoms with Crippen molar-refractivity contribution in [2.24, 2.45) is 10.8 Å². The van der Waals surface area contributed by atoms with E-state index in [1.807, 2.05) is 0 Å². The first-order chi connectivity index (χ1) is 11.9. The van der Waals surface area contributed by atoms with E-state index in [1.165, 1.54) is 56.1 Å². The van der Waals surface area contributed by atoms with Crippen LogP contribution in [0.2, 0.25) is 0 Å². The summed E-state index contributed by atoms with van der Waals surface area (Å²) in [4.78, 5) is 0. The SMILES string of the molecule is CCCCCCc1ccc(/C=C\CCC2(CC(C)(C)C)COC2)cc1. The molecule has 1 saturated heterocycles. The molecule has 0 radical (unpaired) electrons. The van der Waals surface area contributed by atoms with Gasteiger partial charge >= 0.3 is 0 Å². The molecule has 0 atom stereocenters. The van der Waals surface area contributed by atoms with Crippen molar-refractivity contribution in [1.29, 1.82) is 0 Å². The highest BCUT2D eigenvalue weighted by Crippen LogP contribution is 2.43. The molecule has 1 aliphatic rings. The van der Waals surface area contributed by atoms with Crippen LogP contribution in [0, 0.1) is 10.8 Å². The lowest BCUT2D eigenvalue weighted by Crippen LogP contribution is -2.45. The van der Waals surface area contributed by atoms with Gasteiger partial charge in [0.25, 0.3) is 0 Å². The second-order valence-corrected chi connectivity index (χ2v) is 9.22. The van der Waals surface area contributed by atoms with Gasteiger partial charge in [0, 0.05) is 5.41 Å². The highest BCUT2D eigenvalue weighted by Gasteiger charge is 2.40. The fraction of sp³-hybridized carbons (Fsp3) is 0.667. The average molecular weight is 343 g/mol. The lowest BCUT2D eigenvalue weighted by molar-refractivity contribution is -0.134. The fourth-order valence-corrected chi connectivity index (χ4v) is 4.01. The third kappa shape index (κ3) is 7.36. The van der Waals surface area contributed by atoms with E-state index in [1.54, 1.807) is 0 Å². The van der Waals surface area contributed by atoms with Gasteiger partial charge in [0.05, 0.1) is 13.2 Å². The van der Waals surface area contributed by atoms with Crippen molar-refractivity contribution in [2.75, 3.05) is 13.2 Å². The Balaban J connectivity index is 1.74. The second kappa shape index (κ2) is 9.57. The van der Waals surface area contributed by atoms with Gasteiger partial charge < -0.3 is 4.74 Å². The van der Waals surface area contributed by atoms with Crippen LogP contribution in [-0.4, -0.2) is 13.2 Å². The fourth-order valence-electron chi connectivity index (χ4n) is 4.01. The monoisotopic (exact) mass is 342 g/mol. The van der Waals surface area contributed by atoms with Crippen LogP contribution in [0.4, 0.5) is 0 Å². The van der Waals surface area contributed by atoms with Crippen LogP contribution in [0.3, 0.4) is 0 Å². The molecule has 0 aliphatic carbocycles. The lowest BCUT2D eigenvalue weighted by atomic mass is 9.70. The Bertz CT molecular complexity index is 514. The molecule has 1 aliphatic heterocycles. The predicted octanol–water partition coefficient (Wildman–Crippen LogP) is 7.06. The standard InChI is InChI=1S/C24H38O/c1-5-6-7-8-11-21-13-15-22(16-14-21)12-9-10-17-24(19-25-20-24)18-23(2,3)4/h9,12-16H,5-8,10-11,17-20H2,1-4H3/b12-9-. The topological polar surface area (TPSA) is 9.23 Å². The highest BCUT2D eigenvalue weighted by atomic mass is 16.5. The molecule has 0 amide bonds. The van der Waals surface area contributed by atoms with Crippen molar-refractivity contribution in [3.8, 4) is 0 Å². The van der Waals surface area contributed by atoms with Crippen LogP contribution in [-0.2, 0) is 11.2 Å². The Morgan fingerprint density at radius 3 is 2.32 bits per heavy atom. The molecule has 0 bridgehead atoms. The Morgan fingerprint density at radius 2 is 1.76 bits per heavy atom. The van der Waals surface area contributed by atoms with E-state index >= 15 is 0 Å². The van der Waals surface area contributed by atoms with E-state index < -0.39 is 0 Å². The number of allylic oxidation sites excluding steroid dienone is 1. The second-order valence-electron chi connectivity index (χ2n) is 9.22. The van der Waals surface area contributed by atoms with Crippen LogP contribution in [0.25, 0.3) is 6.08 Å². The predicted molar refractivity (Wildman–Crippen MR) is 110 cm³/mol. The Kier molecular flexibility index (Phi) is 7.75. The molecule has 1 aromatic carbocycles. The summed E-state index contributed by atoms with van der Waals surface area (Å²) in [7, 11) is 0. The number of rotatable bonds is 10. The summed E-state index contributed by atoms with van der Waals surface area (Å²) in [5, 5.41) is 0. The number of hydrogen-bond donors (Lipinski definition) is 0. The minimum Gasteiger partial charge on any atom is -0.380 e. The molecular formula is C24H38O. The molecule has 0 N–H and O–H groups in total. The molecule has 0 spiro atoms. The maximum Gasteiger partial charge on any atom is 0.0545 e. The van der Waals surface area contributed by atoms with Crippen molar-refractivity contribution in [3.05, 3.63) is 41.5 Å². The van der Waals surface area contributed by atoms with Crippen LogP contribution in [0.5, 0.6) is 0 Å². The van der Waals surface area contributed by atoms with Crippen molar-refractivity contribution in [2.45, 2.75) is 79.1 Å². The third-order valence-electron chi connectivity index (χ3n) is 5.17. The summed E-state index contributed by atoms with van der Waals surface area (Å²) < 4.78 is 5.54. The molecule has 0 aromatic heterocycles. The Hall–Kier alpha value is -1.08. The molecule has 2 rings (SSSR count). The van der Waals surface area contributed by atoms with E-state index in [0.717, 1.165) is 19.6 Å². The van der Waals surface area contributed by atoms with Gasteiger partial charge in [0.15, 0.2) is 0 Å². The molecule has 1 nitrogen and oxygen atoms in total. The maximum atomic E-state index is 5.54. The van der Waals surface area contributed by atoms with E-state index in [2.05, 4.69) is 64.1 Å². The third-order valence-corrected chi connectivity index (χ3v) is 5.17. The zero-order valence-corrected chi connectivity index (χ0v) is 16.9. The van der Waals surface area contributed by atoms with Gasteiger partial charge in [-0.1, -0.05) is 83.4 Å². The van der Waals surface area contributed by atoms with Crippen LogP contribution in [0.1, 0.15) is 83.8 Å².